The standard InChI is InChI=1S/C13H14N2/c1-2-10-9-12(3-4-13(10)14)11-5-7-15-8-6-11/h3-9H,2,14H2,1H3. The number of anilines is 1. The fourth-order valence-electron chi connectivity index (χ4n) is 1.64. The zero-order valence-electron chi connectivity index (χ0n) is 8.77. The minimum Gasteiger partial charge on any atom is -0.399 e. The van der Waals surface area contributed by atoms with Crippen LogP contribution < -0.4 is 5.73 Å². The van der Waals surface area contributed by atoms with Crippen molar-refractivity contribution in [3.8, 4) is 11.1 Å². The molecule has 1 aromatic carbocycles. The summed E-state index contributed by atoms with van der Waals surface area (Å²) in [6, 6.07) is 10.2. The van der Waals surface area contributed by atoms with Gasteiger partial charge in [-0.15, -0.1) is 0 Å². The molecule has 2 N–H and O–H groups in total. The molecule has 0 spiro atoms. The number of rotatable bonds is 2. The summed E-state index contributed by atoms with van der Waals surface area (Å²) in [5.74, 6) is 0. The van der Waals surface area contributed by atoms with Crippen LogP contribution in [0.2, 0.25) is 0 Å². The zero-order valence-corrected chi connectivity index (χ0v) is 8.77. The van der Waals surface area contributed by atoms with Gasteiger partial charge >= 0.3 is 0 Å². The third-order valence-corrected chi connectivity index (χ3v) is 2.54. The largest absolute Gasteiger partial charge is 0.399 e. The number of hydrogen-bond acceptors (Lipinski definition) is 2. The Morgan fingerprint density at radius 1 is 1.07 bits per heavy atom. The molecule has 0 amide bonds. The number of pyridine rings is 1. The molecule has 15 heavy (non-hydrogen) atoms. The molecule has 0 aliphatic carbocycles. The van der Waals surface area contributed by atoms with E-state index in [0.29, 0.717) is 0 Å². The Hall–Kier alpha value is -1.83. The van der Waals surface area contributed by atoms with E-state index in [9.17, 15) is 0 Å². The Morgan fingerprint density at radius 2 is 1.80 bits per heavy atom. The van der Waals surface area contributed by atoms with Gasteiger partial charge in [-0.25, -0.2) is 0 Å². The molecule has 0 atom stereocenters. The number of nitrogens with zero attached hydrogens (tertiary/aromatic N) is 1. The number of nitrogen functional groups attached to an aromatic ring is 1. The van der Waals surface area contributed by atoms with Gasteiger partial charge in [0, 0.05) is 18.1 Å². The number of aryl methyl sites for hydroxylation is 1. The molecule has 0 saturated heterocycles. The van der Waals surface area contributed by atoms with Gasteiger partial charge in [0.15, 0.2) is 0 Å². The van der Waals surface area contributed by atoms with Gasteiger partial charge < -0.3 is 5.73 Å². The summed E-state index contributed by atoms with van der Waals surface area (Å²) >= 11 is 0. The van der Waals surface area contributed by atoms with Gasteiger partial charge in [-0.1, -0.05) is 13.0 Å². The van der Waals surface area contributed by atoms with Crippen molar-refractivity contribution in [3.05, 3.63) is 48.3 Å². The first-order chi connectivity index (χ1) is 7.31. The minimum absolute atomic E-state index is 0.871. The van der Waals surface area contributed by atoms with E-state index in [4.69, 9.17) is 5.73 Å². The number of aromatic nitrogens is 1. The van der Waals surface area contributed by atoms with Gasteiger partial charge in [-0.05, 0) is 47.4 Å². The molecular formula is C13H14N2. The molecule has 0 fully saturated rings. The molecule has 0 aliphatic heterocycles. The normalized spacial score (nSPS) is 10.2. The van der Waals surface area contributed by atoms with Gasteiger partial charge in [-0.2, -0.15) is 0 Å². The first kappa shape index (κ1) is 9.71. The maximum atomic E-state index is 5.87. The Morgan fingerprint density at radius 3 is 2.47 bits per heavy atom. The molecule has 2 rings (SSSR count). The van der Waals surface area contributed by atoms with Crippen molar-refractivity contribution in [2.45, 2.75) is 13.3 Å². The Labute approximate surface area is 89.8 Å². The van der Waals surface area contributed by atoms with Crippen molar-refractivity contribution in [1.82, 2.24) is 4.98 Å². The monoisotopic (exact) mass is 198 g/mol. The predicted molar refractivity (Wildman–Crippen MR) is 63.5 cm³/mol. The molecule has 0 radical (unpaired) electrons. The molecular weight excluding hydrogens is 184 g/mol. The Bertz CT molecular complexity index is 449. The SMILES string of the molecule is CCc1cc(-c2ccncc2)ccc1N. The summed E-state index contributed by atoms with van der Waals surface area (Å²) in [7, 11) is 0. The van der Waals surface area contributed by atoms with E-state index in [1.165, 1.54) is 16.7 Å². The molecule has 1 heterocycles. The van der Waals surface area contributed by atoms with Crippen molar-refractivity contribution in [2.24, 2.45) is 0 Å². The van der Waals surface area contributed by atoms with E-state index in [0.717, 1.165) is 12.1 Å². The van der Waals surface area contributed by atoms with Crippen LogP contribution in [0.25, 0.3) is 11.1 Å². The second-order valence-electron chi connectivity index (χ2n) is 3.50. The summed E-state index contributed by atoms with van der Waals surface area (Å²) in [6.45, 7) is 2.11. The summed E-state index contributed by atoms with van der Waals surface area (Å²) in [5.41, 5.74) is 10.3. The average Bonchev–Trinajstić information content (AvgIpc) is 2.31. The topological polar surface area (TPSA) is 38.9 Å². The van der Waals surface area contributed by atoms with Crippen molar-refractivity contribution in [1.29, 1.82) is 0 Å². The highest BCUT2D eigenvalue weighted by atomic mass is 14.6. The van der Waals surface area contributed by atoms with Crippen LogP contribution in [0, 0.1) is 0 Å². The highest BCUT2D eigenvalue weighted by Crippen LogP contribution is 2.23. The molecule has 0 unspecified atom stereocenters. The summed E-state index contributed by atoms with van der Waals surface area (Å²) in [6.07, 6.45) is 4.57. The van der Waals surface area contributed by atoms with E-state index >= 15 is 0 Å². The summed E-state index contributed by atoms with van der Waals surface area (Å²) in [5, 5.41) is 0. The van der Waals surface area contributed by atoms with Gasteiger partial charge in [0.25, 0.3) is 0 Å². The van der Waals surface area contributed by atoms with E-state index in [1.807, 2.05) is 24.3 Å². The second-order valence-corrected chi connectivity index (χ2v) is 3.50. The number of nitrogens with two attached hydrogens (primary N) is 1. The maximum Gasteiger partial charge on any atom is 0.0346 e. The fraction of sp³-hybridized carbons (Fsp3) is 0.154. The van der Waals surface area contributed by atoms with Crippen LogP contribution in [0.3, 0.4) is 0 Å². The van der Waals surface area contributed by atoms with Crippen LogP contribution in [-0.4, -0.2) is 4.98 Å². The summed E-state index contributed by atoms with van der Waals surface area (Å²) < 4.78 is 0. The smallest absolute Gasteiger partial charge is 0.0346 e. The highest BCUT2D eigenvalue weighted by molar-refractivity contribution is 5.67. The van der Waals surface area contributed by atoms with Crippen molar-refractivity contribution >= 4 is 5.69 Å². The highest BCUT2D eigenvalue weighted by Gasteiger charge is 2.00. The fourth-order valence-corrected chi connectivity index (χ4v) is 1.64. The minimum atomic E-state index is 0.871. The number of benzene rings is 1. The molecule has 1 aromatic heterocycles. The van der Waals surface area contributed by atoms with Gasteiger partial charge in [0.1, 0.15) is 0 Å². The lowest BCUT2D eigenvalue weighted by Gasteiger charge is -2.06. The first-order valence-corrected chi connectivity index (χ1v) is 5.10. The van der Waals surface area contributed by atoms with Crippen molar-refractivity contribution in [2.75, 3.05) is 5.73 Å². The molecule has 0 saturated carbocycles. The van der Waals surface area contributed by atoms with Gasteiger partial charge in [0.2, 0.25) is 0 Å². The van der Waals surface area contributed by atoms with Crippen LogP contribution >= 0.6 is 0 Å². The lowest BCUT2D eigenvalue weighted by molar-refractivity contribution is 1.14. The van der Waals surface area contributed by atoms with Crippen LogP contribution in [0.4, 0.5) is 5.69 Å². The van der Waals surface area contributed by atoms with Crippen LogP contribution in [-0.2, 0) is 6.42 Å². The maximum absolute atomic E-state index is 5.87. The first-order valence-electron chi connectivity index (χ1n) is 5.10. The molecule has 2 aromatic rings. The van der Waals surface area contributed by atoms with E-state index in [1.54, 1.807) is 12.4 Å². The summed E-state index contributed by atoms with van der Waals surface area (Å²) in [4.78, 5) is 4.01. The quantitative estimate of drug-likeness (QED) is 0.753. The molecule has 2 nitrogen and oxygen atoms in total. The van der Waals surface area contributed by atoms with Crippen LogP contribution in [0.5, 0.6) is 0 Å². The van der Waals surface area contributed by atoms with Gasteiger partial charge in [-0.3, -0.25) is 4.98 Å². The number of hydrogen-bond donors (Lipinski definition) is 1. The molecule has 2 heteroatoms. The Balaban J connectivity index is 2.46. The molecule has 0 aliphatic rings. The zero-order chi connectivity index (χ0) is 10.7. The third-order valence-electron chi connectivity index (χ3n) is 2.54. The van der Waals surface area contributed by atoms with Gasteiger partial charge in [0.05, 0.1) is 0 Å². The lowest BCUT2D eigenvalue weighted by Crippen LogP contribution is -1.93. The molecule has 0 bridgehead atoms. The lowest BCUT2D eigenvalue weighted by atomic mass is 10.0. The van der Waals surface area contributed by atoms with E-state index < -0.39 is 0 Å². The Kier molecular flexibility index (Phi) is 2.68. The third kappa shape index (κ3) is 1.99. The van der Waals surface area contributed by atoms with Crippen molar-refractivity contribution in [3.63, 3.8) is 0 Å². The average molecular weight is 198 g/mol. The second kappa shape index (κ2) is 4.13. The molecule has 76 valence electrons. The predicted octanol–water partition coefficient (Wildman–Crippen LogP) is 2.89. The van der Waals surface area contributed by atoms with Crippen LogP contribution in [0.15, 0.2) is 42.7 Å². The van der Waals surface area contributed by atoms with E-state index in [-0.39, 0.29) is 0 Å². The van der Waals surface area contributed by atoms with E-state index in [2.05, 4.69) is 18.0 Å². The van der Waals surface area contributed by atoms with Crippen LogP contribution in [0.1, 0.15) is 12.5 Å². The van der Waals surface area contributed by atoms with Crippen molar-refractivity contribution < 1.29 is 0 Å².